The summed E-state index contributed by atoms with van der Waals surface area (Å²) >= 11 is 0. The molecule has 2 aliphatic rings. The molecule has 20 rings (SSSR count). The Labute approximate surface area is 585 Å². The van der Waals surface area contributed by atoms with Gasteiger partial charge in [-0.1, -0.05) is 199 Å². The summed E-state index contributed by atoms with van der Waals surface area (Å²) in [6.07, 6.45) is 19.4. The molecule has 0 aliphatic carbocycles. The maximum Gasteiger partial charge on any atom is 0.252 e. The molecule has 0 bridgehead atoms. The highest BCUT2D eigenvalue weighted by Crippen LogP contribution is 2.57. The number of hydrogen-bond donors (Lipinski definition) is 0. The van der Waals surface area contributed by atoms with Crippen molar-refractivity contribution in [2.45, 2.75) is 52.4 Å². The van der Waals surface area contributed by atoms with Crippen molar-refractivity contribution in [3.63, 3.8) is 0 Å². The fourth-order valence-electron chi connectivity index (χ4n) is 17.4. The second kappa shape index (κ2) is 22.1. The summed E-state index contributed by atoms with van der Waals surface area (Å²) in [5.74, 6) is 0. The van der Waals surface area contributed by atoms with Crippen LogP contribution in [0.2, 0.25) is 0 Å². The molecule has 8 heteroatoms. The van der Waals surface area contributed by atoms with E-state index in [0.717, 1.165) is 83.7 Å². The Morgan fingerprint density at radius 1 is 0.277 bits per heavy atom. The van der Waals surface area contributed by atoms with Gasteiger partial charge in [0, 0.05) is 167 Å². The van der Waals surface area contributed by atoms with E-state index in [2.05, 4.69) is 263 Å². The molecule has 0 unspecified atom stereocenters. The average Bonchev–Trinajstić information content (AvgIpc) is 1.54. The third kappa shape index (κ3) is 8.77. The SMILES string of the molecule is CC(C)(C)c1ccc2c(c1)c1cc(C(C)(C)C)cc3c1n2-c1cc(-c2c(-c4cccnc4)c(-c4cccnc4)c(-c4cccnc4)c(-c4cccnc4)c2-c2cccnc2)cc2c1B3c1cc(-c3ccccc3-c3ccccc3)cc3c4c5c6ccccc6c6ccccc6c5ccc4n-2c13. The van der Waals surface area contributed by atoms with E-state index in [-0.39, 0.29) is 17.5 Å². The summed E-state index contributed by atoms with van der Waals surface area (Å²) < 4.78 is 5.35. The van der Waals surface area contributed by atoms with Crippen LogP contribution in [0.5, 0.6) is 0 Å². The summed E-state index contributed by atoms with van der Waals surface area (Å²) in [5.41, 5.74) is 29.7. The Morgan fingerprint density at radius 2 is 0.683 bits per heavy atom. The molecule has 0 saturated carbocycles. The van der Waals surface area contributed by atoms with E-state index in [9.17, 15) is 0 Å². The molecule has 9 heterocycles. The molecular weight excluding hydrogens is 1230 g/mol. The molecule has 476 valence electrons. The van der Waals surface area contributed by atoms with Crippen LogP contribution in [0.15, 0.2) is 292 Å². The van der Waals surface area contributed by atoms with Crippen molar-refractivity contribution in [3.8, 4) is 100 Å². The van der Waals surface area contributed by atoms with E-state index in [1.165, 1.54) is 120 Å². The highest BCUT2D eigenvalue weighted by Gasteiger charge is 2.44. The molecule has 18 aromatic rings. The molecule has 0 saturated heterocycles. The zero-order valence-corrected chi connectivity index (χ0v) is 56.9. The van der Waals surface area contributed by atoms with Crippen LogP contribution in [-0.4, -0.2) is 40.8 Å². The van der Waals surface area contributed by atoms with Crippen LogP contribution in [0.4, 0.5) is 0 Å². The van der Waals surface area contributed by atoms with Crippen LogP contribution in [0, 0.1) is 0 Å². The van der Waals surface area contributed by atoms with Gasteiger partial charge in [-0.3, -0.25) is 24.9 Å². The van der Waals surface area contributed by atoms with Crippen molar-refractivity contribution in [2.75, 3.05) is 0 Å². The monoisotopic (exact) mass is 1290 g/mol. The number of nitrogens with zero attached hydrogens (tertiary/aromatic N) is 7. The van der Waals surface area contributed by atoms with Crippen LogP contribution in [0.3, 0.4) is 0 Å². The van der Waals surface area contributed by atoms with Gasteiger partial charge in [0.05, 0.1) is 11.0 Å². The topological polar surface area (TPSA) is 74.3 Å². The maximum absolute atomic E-state index is 5.00. The second-order valence-corrected chi connectivity index (χ2v) is 29.5. The first kappa shape index (κ1) is 58.7. The number of pyridine rings is 5. The fourth-order valence-corrected chi connectivity index (χ4v) is 17.4. The van der Waals surface area contributed by atoms with Crippen molar-refractivity contribution >= 4 is 99.0 Å². The zero-order valence-electron chi connectivity index (χ0n) is 56.9. The van der Waals surface area contributed by atoms with Crippen LogP contribution in [-0.2, 0) is 10.8 Å². The lowest BCUT2D eigenvalue weighted by Crippen LogP contribution is -2.59. The van der Waals surface area contributed by atoms with Gasteiger partial charge in [0.2, 0.25) is 0 Å². The maximum atomic E-state index is 5.00. The minimum atomic E-state index is -0.231. The van der Waals surface area contributed by atoms with Crippen LogP contribution in [0.25, 0.3) is 176 Å². The minimum absolute atomic E-state index is 0.114. The van der Waals surface area contributed by atoms with Gasteiger partial charge in [-0.15, -0.1) is 0 Å². The smallest absolute Gasteiger partial charge is 0.252 e. The molecule has 2 aliphatic heterocycles. The Balaban J connectivity index is 1.05. The molecule has 0 radical (unpaired) electrons. The van der Waals surface area contributed by atoms with Gasteiger partial charge in [-0.25, -0.2) is 0 Å². The molecule has 0 fully saturated rings. The van der Waals surface area contributed by atoms with Crippen molar-refractivity contribution in [1.82, 2.24) is 34.1 Å². The van der Waals surface area contributed by atoms with E-state index < -0.39 is 0 Å². The summed E-state index contributed by atoms with van der Waals surface area (Å²) in [4.78, 5) is 24.8. The first-order chi connectivity index (χ1) is 49.4. The first-order valence-electron chi connectivity index (χ1n) is 35.0. The summed E-state index contributed by atoms with van der Waals surface area (Å²) in [5, 5.41) is 12.4. The lowest BCUT2D eigenvalue weighted by molar-refractivity contribution is 0.590. The summed E-state index contributed by atoms with van der Waals surface area (Å²) in [6.45, 7) is 13.9. The second-order valence-electron chi connectivity index (χ2n) is 29.5. The quantitative estimate of drug-likeness (QED) is 0.112. The molecule has 101 heavy (non-hydrogen) atoms. The number of fused-ring (bicyclic) bond motifs is 17. The van der Waals surface area contributed by atoms with Gasteiger partial charge in [-0.05, 0) is 171 Å². The highest BCUT2D eigenvalue weighted by atomic mass is 15.0. The third-order valence-corrected chi connectivity index (χ3v) is 21.8. The summed E-state index contributed by atoms with van der Waals surface area (Å²) in [7, 11) is 0. The Morgan fingerprint density at radius 3 is 1.19 bits per heavy atom. The molecule has 7 nitrogen and oxygen atoms in total. The van der Waals surface area contributed by atoms with Gasteiger partial charge in [0.1, 0.15) is 0 Å². The zero-order chi connectivity index (χ0) is 67.6. The van der Waals surface area contributed by atoms with E-state index in [4.69, 9.17) is 24.9 Å². The minimum Gasteiger partial charge on any atom is -0.310 e. The van der Waals surface area contributed by atoms with E-state index >= 15 is 0 Å². The lowest BCUT2D eigenvalue weighted by atomic mass is 9.34. The standard InChI is InChI=1S/C93H66BN7/c1-92(2,3)63-34-36-77-72(47-63)73-48-64(93(4,5)6)49-76-90(73)100(77)79-45-62(86-84(59-26-19-41-98-53-59)82(57-24-17-39-96-51-57)81(56-23-16-38-95-50-56)83(58-25-18-40-97-52-58)85(86)60-27-20-42-99-54-60)46-80-89(79)94(76)75-44-61(66-29-11-10-28-65(66)55-21-8-7-9-22-55)43-74-88-78(101(80)91(74)75)37-35-71-69-32-13-12-30-67(69)68-31-14-15-33-70(68)87(71)88/h7-54H,1-6H3. The third-order valence-electron chi connectivity index (χ3n) is 21.8. The van der Waals surface area contributed by atoms with Gasteiger partial charge in [0.25, 0.3) is 6.71 Å². The number of rotatable bonds is 8. The van der Waals surface area contributed by atoms with Crippen LogP contribution >= 0.6 is 0 Å². The van der Waals surface area contributed by atoms with Gasteiger partial charge in [0.15, 0.2) is 0 Å². The molecule has 0 spiro atoms. The van der Waals surface area contributed by atoms with Gasteiger partial charge in [-0.2, -0.15) is 0 Å². The Kier molecular flexibility index (Phi) is 12.8. The van der Waals surface area contributed by atoms with E-state index in [1.807, 2.05) is 80.2 Å². The number of hydrogen-bond acceptors (Lipinski definition) is 5. The van der Waals surface area contributed by atoms with Crippen LogP contribution < -0.4 is 16.4 Å². The van der Waals surface area contributed by atoms with E-state index in [1.54, 1.807) is 0 Å². The molecule has 7 aromatic heterocycles. The van der Waals surface area contributed by atoms with E-state index in [0.29, 0.717) is 0 Å². The van der Waals surface area contributed by atoms with Crippen molar-refractivity contribution < 1.29 is 0 Å². The van der Waals surface area contributed by atoms with Gasteiger partial charge >= 0.3 is 0 Å². The van der Waals surface area contributed by atoms with Crippen molar-refractivity contribution in [1.29, 1.82) is 0 Å². The highest BCUT2D eigenvalue weighted by molar-refractivity contribution is 7.00. The van der Waals surface area contributed by atoms with Crippen molar-refractivity contribution in [3.05, 3.63) is 304 Å². The molecular formula is C93H66BN7. The molecule has 11 aromatic carbocycles. The Bertz CT molecular complexity index is 6350. The predicted molar refractivity (Wildman–Crippen MR) is 422 cm³/mol. The average molecular weight is 1290 g/mol. The fraction of sp³-hybridized carbons (Fsp3) is 0.0860. The molecule has 0 amide bonds. The predicted octanol–water partition coefficient (Wildman–Crippen LogP) is 21.4. The Hall–Kier alpha value is -12.4. The molecule has 0 N–H and O–H groups in total. The molecule has 0 atom stereocenters. The number of benzene rings is 11. The lowest BCUT2D eigenvalue weighted by Gasteiger charge is -2.36. The van der Waals surface area contributed by atoms with Gasteiger partial charge < -0.3 is 9.13 Å². The van der Waals surface area contributed by atoms with Crippen molar-refractivity contribution in [2.24, 2.45) is 0 Å². The number of aromatic nitrogens is 7. The normalized spacial score (nSPS) is 12.6. The largest absolute Gasteiger partial charge is 0.310 e. The first-order valence-corrected chi connectivity index (χ1v) is 35.0. The van der Waals surface area contributed by atoms with Crippen LogP contribution in [0.1, 0.15) is 52.7 Å². The summed E-state index contributed by atoms with van der Waals surface area (Å²) in [6, 6.07) is 86.9.